The van der Waals surface area contributed by atoms with Crippen LogP contribution in [0.4, 0.5) is 30.4 Å². The number of allylic oxidation sites excluding steroid dienone is 1. The van der Waals surface area contributed by atoms with Crippen LogP contribution in [-0.4, -0.2) is 68.5 Å². The van der Waals surface area contributed by atoms with Crippen molar-refractivity contribution >= 4 is 29.5 Å². The molecule has 0 atom stereocenters. The molecule has 200 valence electrons. The molecule has 2 aromatic rings. The molecule has 11 heteroatoms. The molecular formula is C26H34F3N7O. The van der Waals surface area contributed by atoms with E-state index >= 15 is 0 Å². The number of halogens is 3. The fraction of sp³-hybridized carbons (Fsp3) is 0.538. The van der Waals surface area contributed by atoms with E-state index in [1.165, 1.54) is 16.8 Å². The van der Waals surface area contributed by atoms with Crippen molar-refractivity contribution in [1.82, 2.24) is 20.1 Å². The van der Waals surface area contributed by atoms with Gasteiger partial charge in [-0.15, -0.1) is 0 Å². The van der Waals surface area contributed by atoms with Gasteiger partial charge in [-0.2, -0.15) is 23.4 Å². The first-order valence-electron chi connectivity index (χ1n) is 12.7. The number of alkyl halides is 3. The Hall–Kier alpha value is -3.05. The molecule has 4 heterocycles. The maximum atomic E-state index is 14.4. The SMILES string of the molecule is C=NN(C)/C=C(\C)c1cc2c(cc1C(F)(F)F)N(c1nn(C3CCOCC3)c3c1CNCC3)CCN2C. The van der Waals surface area contributed by atoms with Crippen LogP contribution in [-0.2, 0) is 23.9 Å². The lowest BCUT2D eigenvalue weighted by Crippen LogP contribution is -2.38. The molecule has 0 saturated carbocycles. The van der Waals surface area contributed by atoms with Crippen molar-refractivity contribution in [2.24, 2.45) is 5.10 Å². The zero-order chi connectivity index (χ0) is 26.3. The fourth-order valence-corrected chi connectivity index (χ4v) is 5.57. The minimum atomic E-state index is -4.52. The molecule has 1 saturated heterocycles. The molecule has 1 N–H and O–H groups in total. The van der Waals surface area contributed by atoms with Gasteiger partial charge in [-0.05, 0) is 43.0 Å². The van der Waals surface area contributed by atoms with Crippen molar-refractivity contribution in [1.29, 1.82) is 0 Å². The molecule has 3 aliphatic rings. The van der Waals surface area contributed by atoms with E-state index in [0.29, 0.717) is 44.1 Å². The Morgan fingerprint density at radius 1 is 1.24 bits per heavy atom. The summed E-state index contributed by atoms with van der Waals surface area (Å²) in [6, 6.07) is 3.18. The number of ether oxygens (including phenoxy) is 1. The summed E-state index contributed by atoms with van der Waals surface area (Å²) >= 11 is 0. The van der Waals surface area contributed by atoms with Gasteiger partial charge in [0.1, 0.15) is 0 Å². The van der Waals surface area contributed by atoms with Crippen LogP contribution >= 0.6 is 0 Å². The van der Waals surface area contributed by atoms with Gasteiger partial charge in [0.25, 0.3) is 0 Å². The van der Waals surface area contributed by atoms with Crippen LogP contribution < -0.4 is 15.1 Å². The van der Waals surface area contributed by atoms with Crippen molar-refractivity contribution in [3.63, 3.8) is 0 Å². The molecule has 0 aliphatic carbocycles. The van der Waals surface area contributed by atoms with Crippen LogP contribution in [0.25, 0.3) is 5.57 Å². The Balaban J connectivity index is 1.65. The van der Waals surface area contributed by atoms with Crippen molar-refractivity contribution in [2.75, 3.05) is 56.7 Å². The standard InChI is InChI=1S/C26H34F3N7O/c1-17(16-34(4)30-2)19-13-23-24(14-21(19)26(27,28)29)35(10-9-33(23)3)25-20-15-31-8-5-22(20)36(32-25)18-6-11-37-12-7-18/h13-14,16,18,31H,2,5-12,15H2,1,3-4H3/b17-16+. The highest BCUT2D eigenvalue weighted by Crippen LogP contribution is 2.46. The third-order valence-corrected chi connectivity index (χ3v) is 7.54. The Morgan fingerprint density at radius 2 is 2.00 bits per heavy atom. The summed E-state index contributed by atoms with van der Waals surface area (Å²) in [4.78, 5) is 3.99. The van der Waals surface area contributed by atoms with Gasteiger partial charge in [-0.25, -0.2) is 0 Å². The molecule has 0 spiro atoms. The van der Waals surface area contributed by atoms with E-state index < -0.39 is 11.7 Å². The molecular weight excluding hydrogens is 483 g/mol. The van der Waals surface area contributed by atoms with E-state index in [2.05, 4.69) is 21.8 Å². The number of nitrogens with zero attached hydrogens (tertiary/aromatic N) is 6. The lowest BCUT2D eigenvalue weighted by atomic mass is 9.96. The number of nitrogens with one attached hydrogen (secondary N) is 1. The zero-order valence-corrected chi connectivity index (χ0v) is 21.6. The molecule has 0 radical (unpaired) electrons. The van der Waals surface area contributed by atoms with Gasteiger partial charge < -0.3 is 19.9 Å². The normalized spacial score (nSPS) is 19.0. The van der Waals surface area contributed by atoms with Crippen molar-refractivity contribution in [3.8, 4) is 0 Å². The summed E-state index contributed by atoms with van der Waals surface area (Å²) in [6.07, 6.45) is -0.336. The Bertz CT molecular complexity index is 1200. The van der Waals surface area contributed by atoms with Gasteiger partial charge in [-0.3, -0.25) is 9.69 Å². The average molecular weight is 518 g/mol. The summed E-state index contributed by atoms with van der Waals surface area (Å²) in [6.45, 7) is 9.25. The van der Waals surface area contributed by atoms with Gasteiger partial charge >= 0.3 is 6.18 Å². The topological polar surface area (TPSA) is 61.2 Å². The van der Waals surface area contributed by atoms with Crippen LogP contribution in [0.3, 0.4) is 0 Å². The summed E-state index contributed by atoms with van der Waals surface area (Å²) in [7, 11) is 3.56. The summed E-state index contributed by atoms with van der Waals surface area (Å²) in [5.41, 5.74) is 3.46. The number of aromatic nitrogens is 2. The third-order valence-electron chi connectivity index (χ3n) is 7.54. The van der Waals surface area contributed by atoms with E-state index in [1.807, 2.05) is 16.8 Å². The van der Waals surface area contributed by atoms with Gasteiger partial charge in [-0.1, -0.05) is 0 Å². The Morgan fingerprint density at radius 3 is 2.70 bits per heavy atom. The first-order chi connectivity index (χ1) is 17.7. The molecule has 5 rings (SSSR count). The predicted molar refractivity (Wildman–Crippen MR) is 139 cm³/mol. The minimum absolute atomic E-state index is 0.131. The summed E-state index contributed by atoms with van der Waals surface area (Å²) in [5.74, 6) is 0.756. The van der Waals surface area contributed by atoms with Crippen molar-refractivity contribution < 1.29 is 17.9 Å². The van der Waals surface area contributed by atoms with Gasteiger partial charge in [0.15, 0.2) is 5.82 Å². The largest absolute Gasteiger partial charge is 0.417 e. The van der Waals surface area contributed by atoms with E-state index in [0.717, 1.165) is 42.9 Å². The number of benzene rings is 1. The van der Waals surface area contributed by atoms with E-state index in [4.69, 9.17) is 9.84 Å². The average Bonchev–Trinajstić information content (AvgIpc) is 3.28. The molecule has 1 fully saturated rings. The monoisotopic (exact) mass is 517 g/mol. The molecule has 0 bridgehead atoms. The Labute approximate surface area is 215 Å². The highest BCUT2D eigenvalue weighted by molar-refractivity contribution is 5.84. The molecule has 0 amide bonds. The quantitative estimate of drug-likeness (QED) is 0.469. The molecule has 8 nitrogen and oxygen atoms in total. The molecule has 1 aromatic heterocycles. The maximum Gasteiger partial charge on any atom is 0.417 e. The number of fused-ring (bicyclic) bond motifs is 2. The summed E-state index contributed by atoms with van der Waals surface area (Å²) in [5, 5.41) is 13.7. The van der Waals surface area contributed by atoms with Crippen LogP contribution in [0.1, 0.15) is 48.2 Å². The smallest absolute Gasteiger partial charge is 0.381 e. The van der Waals surface area contributed by atoms with Gasteiger partial charge in [0, 0.05) is 84.1 Å². The van der Waals surface area contributed by atoms with Crippen LogP contribution in [0.15, 0.2) is 23.4 Å². The summed E-state index contributed by atoms with van der Waals surface area (Å²) < 4.78 is 50.9. The first kappa shape index (κ1) is 25.6. The van der Waals surface area contributed by atoms with Crippen molar-refractivity contribution in [3.05, 3.63) is 40.7 Å². The maximum absolute atomic E-state index is 14.4. The van der Waals surface area contributed by atoms with Crippen LogP contribution in [0.5, 0.6) is 0 Å². The number of hydrogen-bond donors (Lipinski definition) is 1. The van der Waals surface area contributed by atoms with E-state index in [-0.39, 0.29) is 11.6 Å². The second-order valence-corrected chi connectivity index (χ2v) is 9.95. The predicted octanol–water partition coefficient (Wildman–Crippen LogP) is 4.40. The first-order valence-corrected chi connectivity index (χ1v) is 12.7. The third kappa shape index (κ3) is 4.82. The molecule has 0 unspecified atom stereocenters. The molecule has 3 aliphatic heterocycles. The number of anilines is 3. The van der Waals surface area contributed by atoms with Crippen LogP contribution in [0.2, 0.25) is 0 Å². The molecule has 1 aromatic carbocycles. The minimum Gasteiger partial charge on any atom is -0.381 e. The second-order valence-electron chi connectivity index (χ2n) is 9.95. The number of likely N-dealkylation sites (N-methyl/N-ethyl adjacent to an activating group) is 1. The lowest BCUT2D eigenvalue weighted by molar-refractivity contribution is -0.137. The number of hydrazone groups is 1. The number of hydrogen-bond acceptors (Lipinski definition) is 7. The van der Waals surface area contributed by atoms with E-state index in [1.54, 1.807) is 26.2 Å². The van der Waals surface area contributed by atoms with E-state index in [9.17, 15) is 13.2 Å². The fourth-order valence-electron chi connectivity index (χ4n) is 5.57. The number of rotatable bonds is 5. The van der Waals surface area contributed by atoms with Gasteiger partial charge in [0.05, 0.1) is 23.0 Å². The van der Waals surface area contributed by atoms with Crippen molar-refractivity contribution in [2.45, 2.75) is 44.9 Å². The highest BCUT2D eigenvalue weighted by Gasteiger charge is 2.38. The lowest BCUT2D eigenvalue weighted by Gasteiger charge is -2.37. The van der Waals surface area contributed by atoms with Gasteiger partial charge in [0.2, 0.25) is 0 Å². The molecule has 37 heavy (non-hydrogen) atoms. The van der Waals surface area contributed by atoms with Crippen LogP contribution in [0, 0.1) is 0 Å². The zero-order valence-electron chi connectivity index (χ0n) is 21.6. The second kappa shape index (κ2) is 10.0. The Kier molecular flexibility index (Phi) is 6.93. The highest BCUT2D eigenvalue weighted by atomic mass is 19.4.